The first-order valence-electron chi connectivity index (χ1n) is 6.14. The number of imidazole rings is 1. The SMILES string of the molecule is CCCCc1ncn(Cc2ccccc2)c1N. The molecule has 0 aliphatic carbocycles. The van der Waals surface area contributed by atoms with Crippen LogP contribution in [0, 0.1) is 0 Å². The van der Waals surface area contributed by atoms with Crippen molar-refractivity contribution in [3.63, 3.8) is 0 Å². The molecular formula is C14H19N3. The van der Waals surface area contributed by atoms with E-state index < -0.39 is 0 Å². The molecule has 2 N–H and O–H groups in total. The van der Waals surface area contributed by atoms with Crippen LogP contribution in [0.15, 0.2) is 36.7 Å². The van der Waals surface area contributed by atoms with Gasteiger partial charge in [0.25, 0.3) is 0 Å². The van der Waals surface area contributed by atoms with E-state index in [0.29, 0.717) is 0 Å². The molecule has 2 rings (SSSR count). The van der Waals surface area contributed by atoms with Crippen molar-refractivity contribution in [3.05, 3.63) is 47.9 Å². The molecule has 1 heterocycles. The fourth-order valence-corrected chi connectivity index (χ4v) is 1.88. The summed E-state index contributed by atoms with van der Waals surface area (Å²) in [6, 6.07) is 10.3. The molecule has 0 unspecified atom stereocenters. The van der Waals surface area contributed by atoms with Crippen LogP contribution in [0.25, 0.3) is 0 Å². The van der Waals surface area contributed by atoms with Crippen molar-refractivity contribution in [2.24, 2.45) is 0 Å². The highest BCUT2D eigenvalue weighted by Gasteiger charge is 2.06. The average molecular weight is 229 g/mol. The molecule has 2 aromatic rings. The first-order valence-corrected chi connectivity index (χ1v) is 6.14. The van der Waals surface area contributed by atoms with Gasteiger partial charge in [-0.25, -0.2) is 4.98 Å². The van der Waals surface area contributed by atoms with Gasteiger partial charge in [-0.15, -0.1) is 0 Å². The smallest absolute Gasteiger partial charge is 0.126 e. The maximum absolute atomic E-state index is 6.09. The summed E-state index contributed by atoms with van der Waals surface area (Å²) in [5, 5.41) is 0. The zero-order chi connectivity index (χ0) is 12.1. The van der Waals surface area contributed by atoms with E-state index in [-0.39, 0.29) is 0 Å². The largest absolute Gasteiger partial charge is 0.384 e. The van der Waals surface area contributed by atoms with Crippen molar-refractivity contribution < 1.29 is 0 Å². The van der Waals surface area contributed by atoms with E-state index in [1.54, 1.807) is 0 Å². The Morgan fingerprint density at radius 3 is 2.71 bits per heavy atom. The summed E-state index contributed by atoms with van der Waals surface area (Å²) in [7, 11) is 0. The summed E-state index contributed by atoms with van der Waals surface area (Å²) >= 11 is 0. The van der Waals surface area contributed by atoms with Gasteiger partial charge in [0.1, 0.15) is 5.82 Å². The number of nitrogens with zero attached hydrogens (tertiary/aromatic N) is 2. The van der Waals surface area contributed by atoms with E-state index in [0.717, 1.165) is 30.9 Å². The number of rotatable bonds is 5. The summed E-state index contributed by atoms with van der Waals surface area (Å²) in [5.41, 5.74) is 8.37. The van der Waals surface area contributed by atoms with E-state index in [2.05, 4.69) is 24.0 Å². The molecule has 1 aromatic heterocycles. The van der Waals surface area contributed by atoms with Crippen LogP contribution in [0.1, 0.15) is 31.0 Å². The van der Waals surface area contributed by atoms with Gasteiger partial charge < -0.3 is 10.3 Å². The Kier molecular flexibility index (Phi) is 3.81. The van der Waals surface area contributed by atoms with E-state index in [1.807, 2.05) is 29.1 Å². The topological polar surface area (TPSA) is 43.8 Å². The van der Waals surface area contributed by atoms with Gasteiger partial charge in [-0.1, -0.05) is 43.7 Å². The minimum atomic E-state index is 0.797. The summed E-state index contributed by atoms with van der Waals surface area (Å²) in [4.78, 5) is 4.39. The molecule has 0 saturated heterocycles. The van der Waals surface area contributed by atoms with Crippen molar-refractivity contribution in [2.75, 3.05) is 5.73 Å². The maximum atomic E-state index is 6.09. The molecule has 1 aromatic carbocycles. The van der Waals surface area contributed by atoms with Crippen molar-refractivity contribution in [2.45, 2.75) is 32.7 Å². The Morgan fingerprint density at radius 2 is 2.00 bits per heavy atom. The normalized spacial score (nSPS) is 10.6. The molecule has 17 heavy (non-hydrogen) atoms. The number of benzene rings is 1. The van der Waals surface area contributed by atoms with Crippen LogP contribution in [0.3, 0.4) is 0 Å². The highest BCUT2D eigenvalue weighted by atomic mass is 15.1. The fourth-order valence-electron chi connectivity index (χ4n) is 1.88. The van der Waals surface area contributed by atoms with Gasteiger partial charge in [0.05, 0.1) is 18.6 Å². The lowest BCUT2D eigenvalue weighted by atomic mass is 10.2. The minimum absolute atomic E-state index is 0.797. The number of nitrogen functional groups attached to an aromatic ring is 1. The molecule has 0 radical (unpaired) electrons. The van der Waals surface area contributed by atoms with Gasteiger partial charge in [0, 0.05) is 0 Å². The zero-order valence-corrected chi connectivity index (χ0v) is 10.3. The third-order valence-corrected chi connectivity index (χ3v) is 2.92. The standard InChI is InChI=1S/C14H19N3/c1-2-3-9-13-14(15)17(11-16-13)10-12-7-5-4-6-8-12/h4-8,11H,2-3,9-10,15H2,1H3. The highest BCUT2D eigenvalue weighted by Crippen LogP contribution is 2.14. The number of hydrogen-bond donors (Lipinski definition) is 1. The fraction of sp³-hybridized carbons (Fsp3) is 0.357. The van der Waals surface area contributed by atoms with E-state index in [1.165, 1.54) is 12.0 Å². The number of hydrogen-bond acceptors (Lipinski definition) is 2. The second kappa shape index (κ2) is 5.53. The molecule has 0 saturated carbocycles. The van der Waals surface area contributed by atoms with Crippen molar-refractivity contribution in [1.29, 1.82) is 0 Å². The molecule has 0 aliphatic heterocycles. The number of aromatic nitrogens is 2. The van der Waals surface area contributed by atoms with Gasteiger partial charge in [0.15, 0.2) is 0 Å². The Bertz CT molecular complexity index is 460. The first kappa shape index (κ1) is 11.7. The Labute approximate surface area is 102 Å². The molecule has 3 heteroatoms. The molecule has 0 bridgehead atoms. The lowest BCUT2D eigenvalue weighted by molar-refractivity contribution is 0.779. The molecule has 90 valence electrons. The third-order valence-electron chi connectivity index (χ3n) is 2.92. The van der Waals surface area contributed by atoms with Crippen LogP contribution in [0.5, 0.6) is 0 Å². The lowest BCUT2D eigenvalue weighted by Gasteiger charge is -2.05. The van der Waals surface area contributed by atoms with E-state index in [9.17, 15) is 0 Å². The third kappa shape index (κ3) is 2.87. The van der Waals surface area contributed by atoms with Crippen molar-refractivity contribution in [1.82, 2.24) is 9.55 Å². The number of unbranched alkanes of at least 4 members (excludes halogenated alkanes) is 1. The van der Waals surface area contributed by atoms with Gasteiger partial charge in [0.2, 0.25) is 0 Å². The number of anilines is 1. The van der Waals surface area contributed by atoms with Crippen LogP contribution in [0.2, 0.25) is 0 Å². The lowest BCUT2D eigenvalue weighted by Crippen LogP contribution is -2.04. The number of nitrogens with two attached hydrogens (primary N) is 1. The zero-order valence-electron chi connectivity index (χ0n) is 10.3. The van der Waals surface area contributed by atoms with Crippen LogP contribution < -0.4 is 5.73 Å². The molecule has 0 spiro atoms. The van der Waals surface area contributed by atoms with E-state index in [4.69, 9.17) is 5.73 Å². The summed E-state index contributed by atoms with van der Waals surface area (Å²) < 4.78 is 2.01. The molecule has 0 aliphatic rings. The van der Waals surface area contributed by atoms with Crippen molar-refractivity contribution >= 4 is 5.82 Å². The van der Waals surface area contributed by atoms with Crippen LogP contribution in [-0.2, 0) is 13.0 Å². The molecule has 0 amide bonds. The van der Waals surface area contributed by atoms with Gasteiger partial charge >= 0.3 is 0 Å². The van der Waals surface area contributed by atoms with Gasteiger partial charge in [-0.3, -0.25) is 0 Å². The monoisotopic (exact) mass is 229 g/mol. The molecule has 3 nitrogen and oxygen atoms in total. The second-order valence-electron chi connectivity index (χ2n) is 4.29. The summed E-state index contributed by atoms with van der Waals surface area (Å²) in [6.45, 7) is 2.98. The highest BCUT2D eigenvalue weighted by molar-refractivity contribution is 5.37. The van der Waals surface area contributed by atoms with Gasteiger partial charge in [-0.2, -0.15) is 0 Å². The summed E-state index contributed by atoms with van der Waals surface area (Å²) in [5.74, 6) is 0.808. The van der Waals surface area contributed by atoms with E-state index >= 15 is 0 Å². The predicted molar refractivity (Wildman–Crippen MR) is 70.8 cm³/mol. The minimum Gasteiger partial charge on any atom is -0.384 e. The molecule has 0 fully saturated rings. The quantitative estimate of drug-likeness (QED) is 0.856. The molecule has 0 atom stereocenters. The first-order chi connectivity index (χ1) is 8.31. The number of aryl methyl sites for hydroxylation is 1. The average Bonchev–Trinajstić information content (AvgIpc) is 2.70. The molecular weight excluding hydrogens is 210 g/mol. The van der Waals surface area contributed by atoms with Crippen LogP contribution in [-0.4, -0.2) is 9.55 Å². The van der Waals surface area contributed by atoms with Gasteiger partial charge in [-0.05, 0) is 18.4 Å². The van der Waals surface area contributed by atoms with Crippen LogP contribution in [0.4, 0.5) is 5.82 Å². The second-order valence-corrected chi connectivity index (χ2v) is 4.29. The predicted octanol–water partition coefficient (Wildman–Crippen LogP) is 2.86. The Hall–Kier alpha value is -1.77. The van der Waals surface area contributed by atoms with Crippen LogP contribution >= 0.6 is 0 Å². The van der Waals surface area contributed by atoms with Crippen molar-refractivity contribution in [3.8, 4) is 0 Å². The Morgan fingerprint density at radius 1 is 1.24 bits per heavy atom. The summed E-state index contributed by atoms with van der Waals surface area (Å²) in [6.07, 6.45) is 5.13. The maximum Gasteiger partial charge on any atom is 0.126 e. The Balaban J connectivity index is 2.09.